The van der Waals surface area contributed by atoms with Crippen molar-refractivity contribution in [1.29, 1.82) is 0 Å². The number of hydrogen-bond acceptors (Lipinski definition) is 4. The van der Waals surface area contributed by atoms with Crippen LogP contribution in [0.25, 0.3) is 5.69 Å². The number of aliphatic hydroxyl groups excluding tert-OH is 1. The highest BCUT2D eigenvalue weighted by atomic mass is 16.3. The third-order valence-electron chi connectivity index (χ3n) is 3.03. The largest absolute Gasteiger partial charge is 0.399 e. The number of aliphatic hydroxyl groups is 1. The van der Waals surface area contributed by atoms with Crippen molar-refractivity contribution < 1.29 is 9.90 Å². The Morgan fingerprint density at radius 3 is 2.86 bits per heavy atom. The molecule has 0 fully saturated rings. The van der Waals surface area contributed by atoms with E-state index in [1.807, 2.05) is 19.1 Å². The van der Waals surface area contributed by atoms with Crippen LogP contribution in [-0.2, 0) is 0 Å². The lowest BCUT2D eigenvalue weighted by atomic mass is 10.1. The molecule has 1 aromatic heterocycles. The number of amides is 1. The van der Waals surface area contributed by atoms with Crippen molar-refractivity contribution in [3.8, 4) is 5.69 Å². The van der Waals surface area contributed by atoms with E-state index < -0.39 is 6.10 Å². The molecule has 0 aliphatic carbocycles. The summed E-state index contributed by atoms with van der Waals surface area (Å²) in [5, 5.41) is 16.3. The van der Waals surface area contributed by atoms with Gasteiger partial charge in [-0.1, -0.05) is 6.07 Å². The summed E-state index contributed by atoms with van der Waals surface area (Å²) >= 11 is 0. The monoisotopic (exact) mass is 288 g/mol. The van der Waals surface area contributed by atoms with E-state index in [0.29, 0.717) is 17.8 Å². The minimum Gasteiger partial charge on any atom is -0.399 e. The number of anilines is 1. The molecule has 1 aromatic carbocycles. The van der Waals surface area contributed by atoms with Crippen molar-refractivity contribution in [2.24, 2.45) is 0 Å². The first-order chi connectivity index (χ1) is 9.95. The number of hydrogen-bond donors (Lipinski definition) is 3. The van der Waals surface area contributed by atoms with Crippen LogP contribution in [-0.4, -0.2) is 32.9 Å². The minimum absolute atomic E-state index is 0.116. The fourth-order valence-corrected chi connectivity index (χ4v) is 2.12. The number of aromatic nitrogens is 2. The van der Waals surface area contributed by atoms with Gasteiger partial charge in [0.25, 0.3) is 5.91 Å². The Morgan fingerprint density at radius 1 is 1.43 bits per heavy atom. The van der Waals surface area contributed by atoms with Gasteiger partial charge < -0.3 is 16.2 Å². The summed E-state index contributed by atoms with van der Waals surface area (Å²) in [6.07, 6.45) is 1.76. The van der Waals surface area contributed by atoms with Gasteiger partial charge in [-0.05, 0) is 44.5 Å². The van der Waals surface area contributed by atoms with Crippen LogP contribution >= 0.6 is 0 Å². The highest BCUT2D eigenvalue weighted by Gasteiger charge is 2.14. The molecule has 2 atom stereocenters. The Balaban J connectivity index is 2.07. The Bertz CT molecular complexity index is 622. The molecule has 0 saturated carbocycles. The van der Waals surface area contributed by atoms with Gasteiger partial charge in [0.15, 0.2) is 5.69 Å². The van der Waals surface area contributed by atoms with Crippen molar-refractivity contribution in [3.05, 3.63) is 42.2 Å². The molecular weight excluding hydrogens is 268 g/mol. The molecule has 1 heterocycles. The van der Waals surface area contributed by atoms with Gasteiger partial charge in [-0.3, -0.25) is 4.79 Å². The van der Waals surface area contributed by atoms with E-state index in [2.05, 4.69) is 10.4 Å². The van der Waals surface area contributed by atoms with Crippen LogP contribution in [0.15, 0.2) is 36.5 Å². The Labute approximate surface area is 123 Å². The summed E-state index contributed by atoms with van der Waals surface area (Å²) in [4.78, 5) is 12.1. The summed E-state index contributed by atoms with van der Waals surface area (Å²) in [7, 11) is 0. The van der Waals surface area contributed by atoms with Gasteiger partial charge >= 0.3 is 0 Å². The average Bonchev–Trinajstić information content (AvgIpc) is 2.87. The predicted molar refractivity (Wildman–Crippen MR) is 81.2 cm³/mol. The minimum atomic E-state index is -0.454. The first kappa shape index (κ1) is 15.1. The van der Waals surface area contributed by atoms with Crippen molar-refractivity contribution in [1.82, 2.24) is 15.1 Å². The third-order valence-corrected chi connectivity index (χ3v) is 3.03. The van der Waals surface area contributed by atoms with Crippen LogP contribution in [0, 0.1) is 0 Å². The van der Waals surface area contributed by atoms with Gasteiger partial charge in [-0.2, -0.15) is 5.10 Å². The Hall–Kier alpha value is -2.34. The molecule has 0 saturated heterocycles. The van der Waals surface area contributed by atoms with Gasteiger partial charge in [0.05, 0.1) is 11.8 Å². The number of nitrogen functional groups attached to an aromatic ring is 1. The SMILES string of the molecule is CC(O)CC(C)NC(=O)c1ccn(-c2cccc(N)c2)n1. The average molecular weight is 288 g/mol. The first-order valence-electron chi connectivity index (χ1n) is 6.86. The van der Waals surface area contributed by atoms with Crippen molar-refractivity contribution in [2.45, 2.75) is 32.4 Å². The highest BCUT2D eigenvalue weighted by molar-refractivity contribution is 5.92. The number of carbonyl (C=O) groups excluding carboxylic acids is 1. The fourth-order valence-electron chi connectivity index (χ4n) is 2.12. The second-order valence-electron chi connectivity index (χ2n) is 5.20. The molecule has 6 nitrogen and oxygen atoms in total. The van der Waals surface area contributed by atoms with Crippen molar-refractivity contribution in [2.75, 3.05) is 5.73 Å². The molecule has 112 valence electrons. The molecule has 2 aromatic rings. The van der Waals surface area contributed by atoms with E-state index in [9.17, 15) is 9.90 Å². The quantitative estimate of drug-likeness (QED) is 0.724. The Kier molecular flexibility index (Phi) is 4.59. The lowest BCUT2D eigenvalue weighted by Gasteiger charge is -2.14. The Morgan fingerprint density at radius 2 is 2.19 bits per heavy atom. The summed E-state index contributed by atoms with van der Waals surface area (Å²) in [6.45, 7) is 3.54. The molecule has 0 aliphatic heterocycles. The smallest absolute Gasteiger partial charge is 0.271 e. The molecular formula is C15H20N4O2. The number of rotatable bonds is 5. The third kappa shape index (κ3) is 4.06. The second kappa shape index (κ2) is 6.41. The number of nitrogens with two attached hydrogens (primary N) is 1. The lowest BCUT2D eigenvalue weighted by Crippen LogP contribution is -2.34. The molecule has 0 radical (unpaired) electrons. The number of nitrogens with one attached hydrogen (secondary N) is 1. The molecule has 4 N–H and O–H groups in total. The summed E-state index contributed by atoms with van der Waals surface area (Å²) in [6, 6.07) is 8.80. The van der Waals surface area contributed by atoms with Gasteiger partial charge in [0.1, 0.15) is 0 Å². The van der Waals surface area contributed by atoms with Crippen LogP contribution in [0.5, 0.6) is 0 Å². The summed E-state index contributed by atoms with van der Waals surface area (Å²) < 4.78 is 1.60. The fraction of sp³-hybridized carbons (Fsp3) is 0.333. The zero-order valence-corrected chi connectivity index (χ0v) is 12.2. The molecule has 2 rings (SSSR count). The van der Waals surface area contributed by atoms with Crippen LogP contribution in [0.4, 0.5) is 5.69 Å². The van der Waals surface area contributed by atoms with E-state index in [4.69, 9.17) is 5.73 Å². The van der Waals surface area contributed by atoms with Crippen molar-refractivity contribution in [3.63, 3.8) is 0 Å². The maximum Gasteiger partial charge on any atom is 0.271 e. The number of carbonyl (C=O) groups is 1. The van der Waals surface area contributed by atoms with Gasteiger partial charge in [0.2, 0.25) is 0 Å². The zero-order chi connectivity index (χ0) is 15.4. The van der Waals surface area contributed by atoms with Gasteiger partial charge in [-0.25, -0.2) is 4.68 Å². The van der Waals surface area contributed by atoms with E-state index in [-0.39, 0.29) is 11.9 Å². The molecule has 0 bridgehead atoms. The molecule has 21 heavy (non-hydrogen) atoms. The second-order valence-corrected chi connectivity index (χ2v) is 5.20. The van der Waals surface area contributed by atoms with Crippen molar-refractivity contribution >= 4 is 11.6 Å². The number of benzene rings is 1. The van der Waals surface area contributed by atoms with E-state index in [0.717, 1.165) is 5.69 Å². The van der Waals surface area contributed by atoms with E-state index in [1.54, 1.807) is 36.0 Å². The van der Waals surface area contributed by atoms with Gasteiger partial charge in [-0.15, -0.1) is 0 Å². The maximum absolute atomic E-state index is 12.1. The molecule has 2 unspecified atom stereocenters. The topological polar surface area (TPSA) is 93.2 Å². The first-order valence-corrected chi connectivity index (χ1v) is 6.86. The molecule has 0 spiro atoms. The van der Waals surface area contributed by atoms with Crippen LogP contribution < -0.4 is 11.1 Å². The summed E-state index contributed by atoms with van der Waals surface area (Å²) in [5.41, 5.74) is 7.50. The molecule has 1 amide bonds. The maximum atomic E-state index is 12.1. The molecule has 6 heteroatoms. The molecule has 0 aliphatic rings. The lowest BCUT2D eigenvalue weighted by molar-refractivity contribution is 0.0917. The van der Waals surface area contributed by atoms with Gasteiger partial charge in [0, 0.05) is 17.9 Å². The predicted octanol–water partition coefficient (Wildman–Crippen LogP) is 1.34. The number of nitrogens with zero attached hydrogens (tertiary/aromatic N) is 2. The zero-order valence-electron chi connectivity index (χ0n) is 12.2. The van der Waals surface area contributed by atoms with Crippen LogP contribution in [0.3, 0.4) is 0 Å². The highest BCUT2D eigenvalue weighted by Crippen LogP contribution is 2.11. The van der Waals surface area contributed by atoms with Crippen LogP contribution in [0.1, 0.15) is 30.8 Å². The van der Waals surface area contributed by atoms with Crippen LogP contribution in [0.2, 0.25) is 0 Å². The summed E-state index contributed by atoms with van der Waals surface area (Å²) in [5.74, 6) is -0.259. The van der Waals surface area contributed by atoms with E-state index >= 15 is 0 Å². The standard InChI is InChI=1S/C15H20N4O2/c1-10(8-11(2)20)17-15(21)14-6-7-19(18-14)13-5-3-4-12(16)9-13/h3-7,9-11,20H,8,16H2,1-2H3,(H,17,21). The normalized spacial score (nSPS) is 13.7. The van der Waals surface area contributed by atoms with E-state index in [1.165, 1.54) is 0 Å².